The largest absolute Gasteiger partial charge is 0.347 e. The van der Waals surface area contributed by atoms with Gasteiger partial charge in [-0.25, -0.2) is 9.37 Å². The van der Waals surface area contributed by atoms with E-state index in [2.05, 4.69) is 5.32 Å². The maximum atomic E-state index is 13.8. The van der Waals surface area contributed by atoms with E-state index in [0.29, 0.717) is 18.0 Å². The summed E-state index contributed by atoms with van der Waals surface area (Å²) in [6.07, 6.45) is 2.49. The lowest BCUT2D eigenvalue weighted by Gasteiger charge is -2.16. The third-order valence-electron chi connectivity index (χ3n) is 3.71. The molecular formula is C16H20FN3S. The van der Waals surface area contributed by atoms with Crippen molar-refractivity contribution in [2.75, 3.05) is 19.0 Å². The van der Waals surface area contributed by atoms with Crippen molar-refractivity contribution in [3.8, 4) is 0 Å². The monoisotopic (exact) mass is 305 g/mol. The molecule has 1 aliphatic carbocycles. The molecule has 1 aromatic carbocycles. The van der Waals surface area contributed by atoms with E-state index in [0.717, 1.165) is 11.7 Å². The number of rotatable bonds is 6. The molecule has 0 aliphatic heterocycles. The Hall–Kier alpha value is -1.46. The predicted molar refractivity (Wildman–Crippen MR) is 85.4 cm³/mol. The Kier molecular flexibility index (Phi) is 4.22. The van der Waals surface area contributed by atoms with Gasteiger partial charge < -0.3 is 10.2 Å². The number of hydrogen-bond donors (Lipinski definition) is 1. The van der Waals surface area contributed by atoms with Gasteiger partial charge in [0.25, 0.3) is 0 Å². The van der Waals surface area contributed by atoms with Crippen LogP contribution in [0.15, 0.2) is 24.3 Å². The van der Waals surface area contributed by atoms with Gasteiger partial charge in [-0.1, -0.05) is 18.2 Å². The highest BCUT2D eigenvalue weighted by molar-refractivity contribution is 7.15. The third kappa shape index (κ3) is 3.24. The minimum absolute atomic E-state index is 0.154. The molecule has 5 heteroatoms. The van der Waals surface area contributed by atoms with Crippen molar-refractivity contribution < 1.29 is 4.39 Å². The molecule has 1 saturated carbocycles. The Balaban J connectivity index is 1.79. The number of thiazole rings is 1. The fourth-order valence-electron chi connectivity index (χ4n) is 2.43. The van der Waals surface area contributed by atoms with E-state index in [1.807, 2.05) is 31.1 Å². The zero-order chi connectivity index (χ0) is 14.8. The highest BCUT2D eigenvalue weighted by atomic mass is 32.1. The van der Waals surface area contributed by atoms with Crippen LogP contribution < -0.4 is 10.2 Å². The second-order valence-electron chi connectivity index (χ2n) is 5.56. The van der Waals surface area contributed by atoms with Gasteiger partial charge in [0.1, 0.15) is 5.82 Å². The van der Waals surface area contributed by atoms with Gasteiger partial charge in [0.2, 0.25) is 0 Å². The van der Waals surface area contributed by atoms with Gasteiger partial charge in [-0.05, 0) is 26.0 Å². The van der Waals surface area contributed by atoms with Gasteiger partial charge in [0, 0.05) is 36.5 Å². The SMILES string of the molecule is CNCc1sc(N(C)Cc2ccccc2F)nc1C1CC1. The highest BCUT2D eigenvalue weighted by Gasteiger charge is 2.30. The van der Waals surface area contributed by atoms with Crippen LogP contribution in [0.4, 0.5) is 9.52 Å². The molecule has 2 aromatic rings. The van der Waals surface area contributed by atoms with Crippen LogP contribution in [0.1, 0.15) is 34.9 Å². The summed E-state index contributed by atoms with van der Waals surface area (Å²) in [7, 11) is 3.93. The molecule has 0 amide bonds. The number of anilines is 1. The second-order valence-corrected chi connectivity index (χ2v) is 6.62. The molecule has 1 fully saturated rings. The number of benzene rings is 1. The van der Waals surface area contributed by atoms with Gasteiger partial charge in [-0.15, -0.1) is 11.3 Å². The van der Waals surface area contributed by atoms with Gasteiger partial charge in [0.15, 0.2) is 5.13 Å². The average Bonchev–Trinajstić information content (AvgIpc) is 3.23. The summed E-state index contributed by atoms with van der Waals surface area (Å²) in [5.74, 6) is 0.485. The lowest BCUT2D eigenvalue weighted by Crippen LogP contribution is -2.17. The number of halogens is 1. The molecular weight excluding hydrogens is 285 g/mol. The molecule has 1 aromatic heterocycles. The number of aromatic nitrogens is 1. The maximum Gasteiger partial charge on any atom is 0.185 e. The van der Waals surface area contributed by atoms with E-state index in [1.54, 1.807) is 17.4 Å². The molecule has 21 heavy (non-hydrogen) atoms. The predicted octanol–water partition coefficient (Wildman–Crippen LogP) is 3.52. The van der Waals surface area contributed by atoms with Crippen molar-refractivity contribution >= 4 is 16.5 Å². The highest BCUT2D eigenvalue weighted by Crippen LogP contribution is 2.44. The van der Waals surface area contributed by atoms with Gasteiger partial charge in [-0.3, -0.25) is 0 Å². The van der Waals surface area contributed by atoms with E-state index >= 15 is 0 Å². The van der Waals surface area contributed by atoms with Crippen molar-refractivity contribution in [3.63, 3.8) is 0 Å². The minimum atomic E-state index is -0.154. The lowest BCUT2D eigenvalue weighted by molar-refractivity contribution is 0.608. The van der Waals surface area contributed by atoms with Crippen LogP contribution >= 0.6 is 11.3 Å². The van der Waals surface area contributed by atoms with Crippen LogP contribution in [-0.2, 0) is 13.1 Å². The zero-order valence-electron chi connectivity index (χ0n) is 12.4. The summed E-state index contributed by atoms with van der Waals surface area (Å²) in [6.45, 7) is 1.40. The average molecular weight is 305 g/mol. The molecule has 112 valence electrons. The molecule has 1 N–H and O–H groups in total. The first kappa shape index (κ1) is 14.5. The minimum Gasteiger partial charge on any atom is -0.347 e. The second kappa shape index (κ2) is 6.12. The Morgan fingerprint density at radius 1 is 1.38 bits per heavy atom. The van der Waals surface area contributed by atoms with Crippen LogP contribution in [0.25, 0.3) is 0 Å². The van der Waals surface area contributed by atoms with Crippen molar-refractivity contribution in [2.45, 2.75) is 31.8 Å². The molecule has 0 radical (unpaired) electrons. The first-order chi connectivity index (χ1) is 10.2. The molecule has 0 bridgehead atoms. The van der Waals surface area contributed by atoms with Crippen molar-refractivity contribution in [2.24, 2.45) is 0 Å². The number of nitrogens with one attached hydrogen (secondary N) is 1. The third-order valence-corrected chi connectivity index (χ3v) is 4.89. The van der Waals surface area contributed by atoms with E-state index in [9.17, 15) is 4.39 Å². The van der Waals surface area contributed by atoms with Crippen LogP contribution in [-0.4, -0.2) is 19.1 Å². The standard InChI is InChI=1S/C16H20FN3S/c1-18-9-14-15(11-7-8-11)19-16(21-14)20(2)10-12-5-3-4-6-13(12)17/h3-6,11,18H,7-10H2,1-2H3. The maximum absolute atomic E-state index is 13.8. The molecule has 1 heterocycles. The first-order valence-corrected chi connectivity index (χ1v) is 8.09. The smallest absolute Gasteiger partial charge is 0.185 e. The topological polar surface area (TPSA) is 28.2 Å². The fraction of sp³-hybridized carbons (Fsp3) is 0.438. The van der Waals surface area contributed by atoms with Gasteiger partial charge in [-0.2, -0.15) is 0 Å². The molecule has 3 nitrogen and oxygen atoms in total. The summed E-state index contributed by atoms with van der Waals surface area (Å²) in [4.78, 5) is 8.15. The van der Waals surface area contributed by atoms with Gasteiger partial charge >= 0.3 is 0 Å². The van der Waals surface area contributed by atoms with Crippen LogP contribution in [0.3, 0.4) is 0 Å². The fourth-order valence-corrected chi connectivity index (χ4v) is 3.54. The Labute approximate surface area is 128 Å². The molecule has 1 aliphatic rings. The van der Waals surface area contributed by atoms with Gasteiger partial charge in [0.05, 0.1) is 5.69 Å². The number of hydrogen-bond acceptors (Lipinski definition) is 4. The molecule has 3 rings (SSSR count). The number of nitrogens with zero attached hydrogens (tertiary/aromatic N) is 2. The summed E-state index contributed by atoms with van der Waals surface area (Å²) < 4.78 is 13.8. The van der Waals surface area contributed by atoms with Crippen molar-refractivity contribution in [1.29, 1.82) is 0 Å². The summed E-state index contributed by atoms with van der Waals surface area (Å²) in [5, 5.41) is 4.19. The van der Waals surface area contributed by atoms with Crippen LogP contribution in [0.5, 0.6) is 0 Å². The van der Waals surface area contributed by atoms with Crippen LogP contribution in [0.2, 0.25) is 0 Å². The molecule has 0 saturated heterocycles. The van der Waals surface area contributed by atoms with E-state index in [1.165, 1.54) is 29.5 Å². The van der Waals surface area contributed by atoms with E-state index in [-0.39, 0.29) is 5.82 Å². The molecule has 0 spiro atoms. The Bertz CT molecular complexity index is 622. The van der Waals surface area contributed by atoms with Crippen LogP contribution in [0, 0.1) is 5.82 Å². The Morgan fingerprint density at radius 3 is 2.81 bits per heavy atom. The molecule has 0 atom stereocenters. The van der Waals surface area contributed by atoms with Crippen molar-refractivity contribution in [1.82, 2.24) is 10.3 Å². The van der Waals surface area contributed by atoms with Crippen molar-refractivity contribution in [3.05, 3.63) is 46.2 Å². The zero-order valence-corrected chi connectivity index (χ0v) is 13.2. The first-order valence-electron chi connectivity index (χ1n) is 7.27. The van der Waals surface area contributed by atoms with E-state index < -0.39 is 0 Å². The quantitative estimate of drug-likeness (QED) is 0.885. The molecule has 0 unspecified atom stereocenters. The Morgan fingerprint density at radius 2 is 2.14 bits per heavy atom. The summed E-state index contributed by atoms with van der Waals surface area (Å²) in [5.41, 5.74) is 1.95. The lowest BCUT2D eigenvalue weighted by atomic mass is 10.2. The summed E-state index contributed by atoms with van der Waals surface area (Å²) >= 11 is 1.72. The summed E-state index contributed by atoms with van der Waals surface area (Å²) in [6, 6.07) is 6.93. The normalized spacial score (nSPS) is 14.4. The van der Waals surface area contributed by atoms with E-state index in [4.69, 9.17) is 4.98 Å².